The third-order valence-corrected chi connectivity index (χ3v) is 5.83. The van der Waals surface area contributed by atoms with E-state index in [1.807, 2.05) is 0 Å². The van der Waals surface area contributed by atoms with Gasteiger partial charge in [-0.15, -0.1) is 0 Å². The summed E-state index contributed by atoms with van der Waals surface area (Å²) in [5.74, 6) is -5.23. The summed E-state index contributed by atoms with van der Waals surface area (Å²) in [6, 6.07) is 6.00. The van der Waals surface area contributed by atoms with Crippen molar-refractivity contribution in [3.63, 3.8) is 0 Å². The fraction of sp³-hybridized carbons (Fsp3) is 0.500. The lowest BCUT2D eigenvalue weighted by Crippen LogP contribution is -2.60. The lowest BCUT2D eigenvalue weighted by Gasteiger charge is -2.52. The average molecular weight is 405 g/mol. The van der Waals surface area contributed by atoms with Crippen molar-refractivity contribution < 1.29 is 33.8 Å². The van der Waals surface area contributed by atoms with E-state index in [4.69, 9.17) is 14.2 Å². The Morgan fingerprint density at radius 3 is 2.52 bits per heavy atom. The first-order valence-electron chi connectivity index (χ1n) is 9.27. The zero-order chi connectivity index (χ0) is 21.3. The quantitative estimate of drug-likeness (QED) is 0.331. The van der Waals surface area contributed by atoms with Gasteiger partial charge in [0.25, 0.3) is 5.69 Å². The van der Waals surface area contributed by atoms with Crippen molar-refractivity contribution in [2.45, 2.75) is 31.5 Å². The Kier molecular flexibility index (Phi) is 5.72. The van der Waals surface area contributed by atoms with E-state index in [2.05, 4.69) is 0 Å². The molecule has 0 radical (unpaired) electrons. The number of carbonyl (C=O) groups is 2. The summed E-state index contributed by atoms with van der Waals surface area (Å²) in [5, 5.41) is 22.2. The smallest absolute Gasteiger partial charge is 0.337 e. The minimum atomic E-state index is -1.42. The standard InChI is InChI=1S/C20H23NO8/c1-4-29-19(24)18-13-10-15(22)17(11-7-5-6-8-14(11)21(25)26)12(9-16(18)23)20(13,27-2)28-3/h5-8,12-13,17,23H,4,9-10H2,1-3H3/t12-,13-,17+/m0/s1. The van der Waals surface area contributed by atoms with Crippen molar-refractivity contribution in [1.29, 1.82) is 0 Å². The van der Waals surface area contributed by atoms with Gasteiger partial charge >= 0.3 is 5.97 Å². The second-order valence-electron chi connectivity index (χ2n) is 7.04. The topological polar surface area (TPSA) is 125 Å². The van der Waals surface area contributed by atoms with Gasteiger partial charge in [0.1, 0.15) is 11.5 Å². The Labute approximate surface area is 167 Å². The number of nitro groups is 1. The third kappa shape index (κ3) is 3.20. The number of para-hydroxylation sites is 1. The highest BCUT2D eigenvalue weighted by Gasteiger charge is 2.62. The van der Waals surface area contributed by atoms with Crippen molar-refractivity contribution >= 4 is 17.4 Å². The second-order valence-corrected chi connectivity index (χ2v) is 7.04. The van der Waals surface area contributed by atoms with E-state index in [0.29, 0.717) is 0 Å². The molecule has 0 unspecified atom stereocenters. The summed E-state index contributed by atoms with van der Waals surface area (Å²) in [4.78, 5) is 36.6. The van der Waals surface area contributed by atoms with Crippen molar-refractivity contribution in [2.24, 2.45) is 11.8 Å². The molecular formula is C20H23NO8. The number of rotatable bonds is 6. The summed E-state index contributed by atoms with van der Waals surface area (Å²) >= 11 is 0. The van der Waals surface area contributed by atoms with Crippen LogP contribution in [-0.4, -0.2) is 48.4 Å². The average Bonchev–Trinajstić information content (AvgIpc) is 2.68. The van der Waals surface area contributed by atoms with Gasteiger partial charge in [0.05, 0.1) is 28.9 Å². The molecule has 1 aromatic rings. The van der Waals surface area contributed by atoms with Gasteiger partial charge in [-0.3, -0.25) is 14.9 Å². The zero-order valence-corrected chi connectivity index (χ0v) is 16.4. The number of ketones is 1. The van der Waals surface area contributed by atoms with Crippen LogP contribution in [0.1, 0.15) is 31.2 Å². The van der Waals surface area contributed by atoms with E-state index in [1.165, 1.54) is 32.4 Å². The molecule has 0 spiro atoms. The number of benzene rings is 1. The molecule has 2 bridgehead atoms. The summed E-state index contributed by atoms with van der Waals surface area (Å²) in [5.41, 5.74) is 0.00281. The van der Waals surface area contributed by atoms with Crippen LogP contribution in [0.5, 0.6) is 0 Å². The maximum absolute atomic E-state index is 13.1. The van der Waals surface area contributed by atoms with Crippen LogP contribution in [0.15, 0.2) is 35.6 Å². The van der Waals surface area contributed by atoms with Crippen LogP contribution >= 0.6 is 0 Å². The molecule has 1 fully saturated rings. The molecule has 1 N–H and O–H groups in total. The van der Waals surface area contributed by atoms with E-state index >= 15 is 0 Å². The predicted molar refractivity (Wildman–Crippen MR) is 100 cm³/mol. The molecule has 1 aromatic carbocycles. The van der Waals surface area contributed by atoms with Crippen molar-refractivity contribution in [1.82, 2.24) is 0 Å². The van der Waals surface area contributed by atoms with Crippen LogP contribution in [0.4, 0.5) is 5.69 Å². The number of carbonyl (C=O) groups excluding carboxylic acids is 2. The number of aliphatic hydroxyl groups is 1. The normalized spacial score (nSPS) is 25.6. The lowest BCUT2D eigenvalue weighted by atomic mass is 9.59. The molecule has 29 heavy (non-hydrogen) atoms. The molecule has 9 nitrogen and oxygen atoms in total. The summed E-state index contributed by atoms with van der Waals surface area (Å²) in [7, 11) is 2.78. The Morgan fingerprint density at radius 1 is 1.28 bits per heavy atom. The van der Waals surface area contributed by atoms with Gasteiger partial charge in [-0.25, -0.2) is 4.79 Å². The first-order valence-corrected chi connectivity index (χ1v) is 9.27. The van der Waals surface area contributed by atoms with Gasteiger partial charge in [0, 0.05) is 44.6 Å². The first-order chi connectivity index (χ1) is 13.8. The van der Waals surface area contributed by atoms with E-state index < -0.39 is 34.4 Å². The molecule has 0 aromatic heterocycles. The number of allylic oxidation sites excluding steroid dienone is 1. The molecule has 9 heteroatoms. The van der Waals surface area contributed by atoms with Crippen LogP contribution in [0.2, 0.25) is 0 Å². The van der Waals surface area contributed by atoms with Gasteiger partial charge in [-0.1, -0.05) is 18.2 Å². The van der Waals surface area contributed by atoms with Crippen LogP contribution < -0.4 is 0 Å². The molecule has 2 aliphatic rings. The largest absolute Gasteiger partial charge is 0.512 e. The number of Topliss-reactive ketones (excluding diaryl/α,β-unsaturated/α-hetero) is 1. The Balaban J connectivity index is 2.19. The van der Waals surface area contributed by atoms with Crippen LogP contribution in [0, 0.1) is 22.0 Å². The van der Waals surface area contributed by atoms with E-state index in [-0.39, 0.29) is 47.8 Å². The second kappa shape index (κ2) is 7.92. The molecule has 1 saturated carbocycles. The fourth-order valence-electron chi connectivity index (χ4n) is 4.71. The Hall–Kier alpha value is -2.78. The Morgan fingerprint density at radius 2 is 1.93 bits per heavy atom. The molecule has 0 saturated heterocycles. The number of aliphatic hydroxyl groups excluding tert-OH is 1. The molecule has 3 atom stereocenters. The SMILES string of the molecule is CCOC(=O)C1=C(O)C[C@H]2[C@@H](c3ccccc3[N+](=O)[O-])C(=O)C[C@@H]1C2(OC)OC. The van der Waals surface area contributed by atoms with E-state index in [0.717, 1.165) is 0 Å². The molecule has 156 valence electrons. The minimum absolute atomic E-state index is 0.0406. The minimum Gasteiger partial charge on any atom is -0.512 e. The van der Waals surface area contributed by atoms with Crippen molar-refractivity contribution in [3.05, 3.63) is 51.3 Å². The van der Waals surface area contributed by atoms with Gasteiger partial charge < -0.3 is 19.3 Å². The molecule has 2 aliphatic carbocycles. The number of fused-ring (bicyclic) bond motifs is 2. The molecule has 3 rings (SSSR count). The first kappa shape index (κ1) is 20.9. The van der Waals surface area contributed by atoms with Crippen molar-refractivity contribution in [3.8, 4) is 0 Å². The van der Waals surface area contributed by atoms with Crippen LogP contribution in [0.3, 0.4) is 0 Å². The number of nitro benzene ring substituents is 1. The molecule has 0 heterocycles. The van der Waals surface area contributed by atoms with Crippen LogP contribution in [0.25, 0.3) is 0 Å². The molecule has 0 amide bonds. The predicted octanol–water partition coefficient (Wildman–Crippen LogP) is 2.65. The maximum Gasteiger partial charge on any atom is 0.337 e. The number of hydrogen-bond donors (Lipinski definition) is 1. The highest BCUT2D eigenvalue weighted by molar-refractivity contribution is 5.95. The van der Waals surface area contributed by atoms with Gasteiger partial charge in [0.15, 0.2) is 5.79 Å². The van der Waals surface area contributed by atoms with Crippen molar-refractivity contribution in [2.75, 3.05) is 20.8 Å². The van der Waals surface area contributed by atoms with E-state index in [1.54, 1.807) is 13.0 Å². The lowest BCUT2D eigenvalue weighted by molar-refractivity contribution is -0.386. The molecule has 0 aliphatic heterocycles. The number of esters is 1. The van der Waals surface area contributed by atoms with E-state index in [9.17, 15) is 24.8 Å². The monoisotopic (exact) mass is 405 g/mol. The maximum atomic E-state index is 13.1. The highest BCUT2D eigenvalue weighted by atomic mass is 16.7. The summed E-state index contributed by atoms with van der Waals surface area (Å²) in [6.45, 7) is 1.74. The number of ether oxygens (including phenoxy) is 3. The Bertz CT molecular complexity index is 873. The summed E-state index contributed by atoms with van der Waals surface area (Å²) in [6.07, 6.45) is -0.304. The fourth-order valence-corrected chi connectivity index (χ4v) is 4.71. The third-order valence-electron chi connectivity index (χ3n) is 5.83. The number of methoxy groups -OCH3 is 2. The van der Waals surface area contributed by atoms with Gasteiger partial charge in [-0.05, 0) is 6.92 Å². The molecular weight excluding hydrogens is 382 g/mol. The van der Waals surface area contributed by atoms with Gasteiger partial charge in [-0.2, -0.15) is 0 Å². The summed E-state index contributed by atoms with van der Waals surface area (Å²) < 4.78 is 16.5. The zero-order valence-electron chi connectivity index (χ0n) is 16.4. The highest BCUT2D eigenvalue weighted by Crippen LogP contribution is 2.56. The van der Waals surface area contributed by atoms with Gasteiger partial charge in [0.2, 0.25) is 0 Å². The number of nitrogens with zero attached hydrogens (tertiary/aromatic N) is 1. The number of hydrogen-bond acceptors (Lipinski definition) is 8. The van der Waals surface area contributed by atoms with Crippen LogP contribution in [-0.2, 0) is 23.8 Å².